The summed E-state index contributed by atoms with van der Waals surface area (Å²) in [6.07, 6.45) is 0. The first-order chi connectivity index (χ1) is 15.8. The number of hydrogen-bond donors (Lipinski definition) is 2. The van der Waals surface area contributed by atoms with Crippen LogP contribution < -0.4 is 10.6 Å². The highest BCUT2D eigenvalue weighted by molar-refractivity contribution is 6.04. The molecule has 2 N–H and O–H groups in total. The Hall–Kier alpha value is -4.19. The lowest BCUT2D eigenvalue weighted by molar-refractivity contribution is -0.114. The summed E-state index contributed by atoms with van der Waals surface area (Å²) in [6, 6.07) is 22.9. The molecular formula is C27H26N4O2. The molecule has 0 aliphatic carbocycles. The normalized spacial score (nSPS) is 10.7. The largest absolute Gasteiger partial charge is 0.322 e. The fourth-order valence-corrected chi connectivity index (χ4v) is 3.66. The molecule has 4 aromatic rings. The van der Waals surface area contributed by atoms with Crippen LogP contribution in [0.15, 0.2) is 72.8 Å². The van der Waals surface area contributed by atoms with Crippen molar-refractivity contribution in [2.75, 3.05) is 10.6 Å². The molecule has 0 fully saturated rings. The Balaban J connectivity index is 1.66. The molecular weight excluding hydrogens is 412 g/mol. The predicted molar refractivity (Wildman–Crippen MR) is 132 cm³/mol. The number of amides is 2. The van der Waals surface area contributed by atoms with Gasteiger partial charge in [0.05, 0.1) is 11.4 Å². The van der Waals surface area contributed by atoms with Crippen LogP contribution in [0.1, 0.15) is 34.1 Å². The molecule has 0 aliphatic heterocycles. The van der Waals surface area contributed by atoms with Crippen LogP contribution in [0.25, 0.3) is 16.8 Å². The highest BCUT2D eigenvalue weighted by Crippen LogP contribution is 2.33. The fourth-order valence-electron chi connectivity index (χ4n) is 3.66. The third-order valence-corrected chi connectivity index (χ3v) is 5.38. The van der Waals surface area contributed by atoms with Gasteiger partial charge in [0.15, 0.2) is 0 Å². The average Bonchev–Trinajstić information content (AvgIpc) is 3.11. The van der Waals surface area contributed by atoms with Gasteiger partial charge < -0.3 is 10.6 Å². The van der Waals surface area contributed by atoms with Crippen molar-refractivity contribution in [3.63, 3.8) is 0 Å². The first kappa shape index (κ1) is 22.0. The van der Waals surface area contributed by atoms with Crippen LogP contribution in [-0.2, 0) is 4.79 Å². The minimum atomic E-state index is -0.190. The zero-order valence-corrected chi connectivity index (χ0v) is 19.1. The smallest absolute Gasteiger partial charge is 0.255 e. The summed E-state index contributed by atoms with van der Waals surface area (Å²) in [7, 11) is 0. The minimum absolute atomic E-state index is 0.182. The van der Waals surface area contributed by atoms with Gasteiger partial charge in [-0.2, -0.15) is 5.10 Å². The van der Waals surface area contributed by atoms with E-state index < -0.39 is 0 Å². The Bertz CT molecular complexity index is 1300. The van der Waals surface area contributed by atoms with Crippen molar-refractivity contribution in [3.05, 3.63) is 95.2 Å². The van der Waals surface area contributed by atoms with E-state index in [4.69, 9.17) is 0 Å². The monoisotopic (exact) mass is 438 g/mol. The summed E-state index contributed by atoms with van der Waals surface area (Å²) in [5, 5.41) is 10.5. The zero-order valence-electron chi connectivity index (χ0n) is 19.1. The van der Waals surface area contributed by atoms with E-state index in [0.29, 0.717) is 11.4 Å². The number of rotatable bonds is 5. The van der Waals surface area contributed by atoms with E-state index in [0.717, 1.165) is 39.3 Å². The number of carbonyl (C=O) groups excluding carboxylic acids is 2. The molecule has 0 radical (unpaired) electrons. The van der Waals surface area contributed by atoms with Crippen molar-refractivity contribution in [1.82, 2.24) is 9.78 Å². The van der Waals surface area contributed by atoms with Crippen LogP contribution in [0.4, 0.5) is 11.5 Å². The average molecular weight is 439 g/mol. The lowest BCUT2D eigenvalue weighted by Crippen LogP contribution is -2.13. The quantitative estimate of drug-likeness (QED) is 0.421. The van der Waals surface area contributed by atoms with Crippen molar-refractivity contribution in [2.24, 2.45) is 0 Å². The van der Waals surface area contributed by atoms with Gasteiger partial charge in [0, 0.05) is 23.7 Å². The second-order valence-corrected chi connectivity index (χ2v) is 8.14. The van der Waals surface area contributed by atoms with Crippen molar-refractivity contribution in [2.45, 2.75) is 27.7 Å². The number of anilines is 2. The number of aryl methyl sites for hydroxylation is 3. The molecule has 1 aromatic heterocycles. The Kier molecular flexibility index (Phi) is 6.09. The third kappa shape index (κ3) is 4.85. The first-order valence-corrected chi connectivity index (χ1v) is 10.7. The maximum Gasteiger partial charge on any atom is 0.255 e. The summed E-state index contributed by atoms with van der Waals surface area (Å²) < 4.78 is 1.70. The molecule has 6 heteroatoms. The molecule has 0 bridgehead atoms. The third-order valence-electron chi connectivity index (χ3n) is 5.38. The van der Waals surface area contributed by atoms with Crippen LogP contribution >= 0.6 is 0 Å². The number of nitrogens with one attached hydrogen (secondary N) is 2. The second kappa shape index (κ2) is 9.12. The van der Waals surface area contributed by atoms with Gasteiger partial charge in [-0.05, 0) is 62.7 Å². The minimum Gasteiger partial charge on any atom is -0.322 e. The summed E-state index contributed by atoms with van der Waals surface area (Å²) in [4.78, 5) is 24.6. The molecule has 1 heterocycles. The maximum absolute atomic E-state index is 12.6. The van der Waals surface area contributed by atoms with Crippen LogP contribution in [0.3, 0.4) is 0 Å². The summed E-state index contributed by atoms with van der Waals surface area (Å²) in [6.45, 7) is 7.43. The number of hydrogen-bond acceptors (Lipinski definition) is 3. The highest BCUT2D eigenvalue weighted by atomic mass is 16.2. The molecule has 4 rings (SSSR count). The van der Waals surface area contributed by atoms with Gasteiger partial charge in [-0.15, -0.1) is 0 Å². The van der Waals surface area contributed by atoms with Gasteiger partial charge >= 0.3 is 0 Å². The number of nitrogens with zero attached hydrogens (tertiary/aromatic N) is 2. The molecule has 0 saturated carbocycles. The molecule has 0 aliphatic rings. The molecule has 0 saturated heterocycles. The Morgan fingerprint density at radius 2 is 1.33 bits per heavy atom. The predicted octanol–water partition coefficient (Wildman–Crippen LogP) is 5.68. The van der Waals surface area contributed by atoms with E-state index in [9.17, 15) is 9.59 Å². The number of aromatic nitrogens is 2. The fraction of sp³-hybridized carbons (Fsp3) is 0.148. The molecule has 33 heavy (non-hydrogen) atoms. The van der Waals surface area contributed by atoms with Gasteiger partial charge in [0.1, 0.15) is 5.82 Å². The topological polar surface area (TPSA) is 76.0 Å². The van der Waals surface area contributed by atoms with E-state index in [1.165, 1.54) is 6.92 Å². The van der Waals surface area contributed by atoms with Gasteiger partial charge in [0.25, 0.3) is 5.91 Å². The van der Waals surface area contributed by atoms with Crippen molar-refractivity contribution in [3.8, 4) is 16.8 Å². The summed E-state index contributed by atoms with van der Waals surface area (Å²) in [5.74, 6) is 0.226. The van der Waals surface area contributed by atoms with E-state index in [1.807, 2.05) is 81.4 Å². The molecule has 2 amide bonds. The van der Waals surface area contributed by atoms with Crippen molar-refractivity contribution in [1.29, 1.82) is 0 Å². The molecule has 0 spiro atoms. The van der Waals surface area contributed by atoms with Crippen LogP contribution in [0.5, 0.6) is 0 Å². The standard InChI is InChI=1S/C27H26N4O2/c1-17-5-9-21(10-6-17)25-19(3)30-31(26(25)28-20(4)32)24-15-11-22(12-16-24)27(33)29-23-13-7-18(2)8-14-23/h5-16H,1-4H3,(H,28,32)(H,29,33). The Morgan fingerprint density at radius 1 is 0.758 bits per heavy atom. The highest BCUT2D eigenvalue weighted by Gasteiger charge is 2.19. The summed E-state index contributed by atoms with van der Waals surface area (Å²) >= 11 is 0. The maximum atomic E-state index is 12.6. The lowest BCUT2D eigenvalue weighted by atomic mass is 10.0. The lowest BCUT2D eigenvalue weighted by Gasteiger charge is -2.11. The second-order valence-electron chi connectivity index (χ2n) is 8.14. The first-order valence-electron chi connectivity index (χ1n) is 10.7. The molecule has 0 unspecified atom stereocenters. The van der Waals surface area contributed by atoms with E-state index >= 15 is 0 Å². The van der Waals surface area contributed by atoms with Crippen LogP contribution in [0.2, 0.25) is 0 Å². The molecule has 6 nitrogen and oxygen atoms in total. The van der Waals surface area contributed by atoms with Crippen LogP contribution in [-0.4, -0.2) is 21.6 Å². The molecule has 166 valence electrons. The van der Waals surface area contributed by atoms with Crippen molar-refractivity contribution >= 4 is 23.3 Å². The van der Waals surface area contributed by atoms with Gasteiger partial charge in [-0.3, -0.25) is 9.59 Å². The van der Waals surface area contributed by atoms with Crippen LogP contribution in [0, 0.1) is 20.8 Å². The number of carbonyl (C=O) groups is 2. The van der Waals surface area contributed by atoms with Gasteiger partial charge in [-0.1, -0.05) is 47.5 Å². The zero-order chi connectivity index (χ0) is 23.5. The van der Waals surface area contributed by atoms with Gasteiger partial charge in [0.2, 0.25) is 5.91 Å². The number of benzene rings is 3. The van der Waals surface area contributed by atoms with E-state index in [2.05, 4.69) is 15.7 Å². The Morgan fingerprint density at radius 3 is 1.91 bits per heavy atom. The SMILES string of the molecule is CC(=O)Nc1c(-c2ccc(C)cc2)c(C)nn1-c1ccc(C(=O)Nc2ccc(C)cc2)cc1. The molecule has 0 atom stereocenters. The van der Waals surface area contributed by atoms with E-state index in [-0.39, 0.29) is 11.8 Å². The van der Waals surface area contributed by atoms with Gasteiger partial charge in [-0.25, -0.2) is 4.68 Å². The molecule has 3 aromatic carbocycles. The summed E-state index contributed by atoms with van der Waals surface area (Å²) in [5.41, 5.74) is 6.94. The van der Waals surface area contributed by atoms with E-state index in [1.54, 1.807) is 16.8 Å². The van der Waals surface area contributed by atoms with Crippen molar-refractivity contribution < 1.29 is 9.59 Å². The Labute approximate surface area is 193 Å².